The van der Waals surface area contributed by atoms with Gasteiger partial charge in [-0.05, 0) is 30.5 Å². The third kappa shape index (κ3) is 4.00. The number of rotatable bonds is 5. The topological polar surface area (TPSA) is 53.7 Å². The standard InChI is InChI=1S/C19H25FN4O/c1-21-18(24(2)13-17-9-12-25-23-17)22-14-19(10-3-4-11-19)15-5-7-16(20)8-6-15/h5-9,12H,3-4,10-11,13-14H2,1-2H3,(H,21,22). The van der Waals surface area contributed by atoms with Crippen LogP contribution in [0.3, 0.4) is 0 Å². The van der Waals surface area contributed by atoms with Crippen molar-refractivity contribution in [2.75, 3.05) is 20.6 Å². The maximum Gasteiger partial charge on any atom is 0.193 e. The predicted molar refractivity (Wildman–Crippen MR) is 95.9 cm³/mol. The maximum absolute atomic E-state index is 13.3. The third-order valence-corrected chi connectivity index (χ3v) is 5.07. The Balaban J connectivity index is 1.69. The molecular weight excluding hydrogens is 319 g/mol. The number of hydrogen-bond acceptors (Lipinski definition) is 3. The normalized spacial score (nSPS) is 16.8. The lowest BCUT2D eigenvalue weighted by Crippen LogP contribution is -2.45. The molecule has 1 aromatic carbocycles. The summed E-state index contributed by atoms with van der Waals surface area (Å²) in [5.41, 5.74) is 2.10. The number of aliphatic imine (C=N–C) groups is 1. The predicted octanol–water partition coefficient (Wildman–Crippen LogP) is 3.33. The zero-order chi connectivity index (χ0) is 17.7. The lowest BCUT2D eigenvalue weighted by molar-refractivity contribution is 0.383. The minimum Gasteiger partial charge on any atom is -0.364 e. The number of nitrogens with zero attached hydrogens (tertiary/aromatic N) is 3. The molecular formula is C19H25FN4O. The van der Waals surface area contributed by atoms with Crippen LogP contribution < -0.4 is 5.32 Å². The van der Waals surface area contributed by atoms with Crippen LogP contribution in [0.25, 0.3) is 0 Å². The molecule has 1 fully saturated rings. The van der Waals surface area contributed by atoms with Crippen molar-refractivity contribution in [1.82, 2.24) is 15.4 Å². The van der Waals surface area contributed by atoms with Gasteiger partial charge in [0.2, 0.25) is 0 Å². The molecule has 1 aliphatic rings. The van der Waals surface area contributed by atoms with Crippen molar-refractivity contribution in [3.8, 4) is 0 Å². The zero-order valence-electron chi connectivity index (χ0n) is 14.8. The molecule has 1 aliphatic carbocycles. The molecule has 25 heavy (non-hydrogen) atoms. The van der Waals surface area contributed by atoms with E-state index >= 15 is 0 Å². The van der Waals surface area contributed by atoms with Gasteiger partial charge in [0.05, 0.1) is 6.54 Å². The molecule has 0 amide bonds. The van der Waals surface area contributed by atoms with Gasteiger partial charge in [-0.3, -0.25) is 4.99 Å². The van der Waals surface area contributed by atoms with E-state index in [0.29, 0.717) is 6.54 Å². The van der Waals surface area contributed by atoms with Crippen molar-refractivity contribution in [1.29, 1.82) is 0 Å². The van der Waals surface area contributed by atoms with E-state index < -0.39 is 0 Å². The van der Waals surface area contributed by atoms with E-state index in [1.54, 1.807) is 25.4 Å². The summed E-state index contributed by atoms with van der Waals surface area (Å²) in [6.07, 6.45) is 6.19. The summed E-state index contributed by atoms with van der Waals surface area (Å²) in [5, 5.41) is 7.45. The van der Waals surface area contributed by atoms with E-state index in [9.17, 15) is 4.39 Å². The molecule has 2 aromatic rings. The first-order valence-electron chi connectivity index (χ1n) is 8.70. The van der Waals surface area contributed by atoms with Crippen LogP contribution >= 0.6 is 0 Å². The summed E-state index contributed by atoms with van der Waals surface area (Å²) in [7, 11) is 3.75. The van der Waals surface area contributed by atoms with Gasteiger partial charge in [-0.2, -0.15) is 0 Å². The van der Waals surface area contributed by atoms with E-state index in [4.69, 9.17) is 4.52 Å². The highest BCUT2D eigenvalue weighted by atomic mass is 19.1. The molecule has 1 aromatic heterocycles. The minimum atomic E-state index is -0.187. The number of guanidine groups is 1. The Morgan fingerprint density at radius 3 is 2.60 bits per heavy atom. The van der Waals surface area contributed by atoms with Crippen LogP contribution in [0.1, 0.15) is 36.9 Å². The summed E-state index contributed by atoms with van der Waals surface area (Å²) in [4.78, 5) is 6.40. The summed E-state index contributed by atoms with van der Waals surface area (Å²) < 4.78 is 18.2. The molecule has 0 saturated heterocycles. The van der Waals surface area contributed by atoms with Crippen molar-refractivity contribution in [3.63, 3.8) is 0 Å². The molecule has 5 nitrogen and oxygen atoms in total. The van der Waals surface area contributed by atoms with Crippen LogP contribution in [0.2, 0.25) is 0 Å². The highest BCUT2D eigenvalue weighted by Gasteiger charge is 2.35. The Hall–Kier alpha value is -2.37. The van der Waals surface area contributed by atoms with Crippen molar-refractivity contribution in [3.05, 3.63) is 53.7 Å². The van der Waals surface area contributed by atoms with Gasteiger partial charge in [0, 0.05) is 32.1 Å². The molecule has 134 valence electrons. The second-order valence-electron chi connectivity index (χ2n) is 6.74. The van der Waals surface area contributed by atoms with Crippen molar-refractivity contribution in [2.24, 2.45) is 4.99 Å². The Labute approximate surface area is 147 Å². The van der Waals surface area contributed by atoms with E-state index in [1.165, 1.54) is 18.4 Å². The fraction of sp³-hybridized carbons (Fsp3) is 0.474. The Morgan fingerprint density at radius 1 is 1.28 bits per heavy atom. The van der Waals surface area contributed by atoms with Gasteiger partial charge in [-0.25, -0.2) is 4.39 Å². The molecule has 0 unspecified atom stereocenters. The first-order valence-corrected chi connectivity index (χ1v) is 8.70. The van der Waals surface area contributed by atoms with Crippen LogP contribution in [0, 0.1) is 5.82 Å². The number of nitrogens with one attached hydrogen (secondary N) is 1. The number of aromatic nitrogens is 1. The maximum atomic E-state index is 13.3. The second-order valence-corrected chi connectivity index (χ2v) is 6.74. The molecule has 1 saturated carbocycles. The fourth-order valence-electron chi connectivity index (χ4n) is 3.69. The van der Waals surface area contributed by atoms with Gasteiger partial charge in [-0.15, -0.1) is 0 Å². The van der Waals surface area contributed by atoms with Crippen LogP contribution in [-0.4, -0.2) is 36.7 Å². The van der Waals surface area contributed by atoms with Gasteiger partial charge in [0.25, 0.3) is 0 Å². The van der Waals surface area contributed by atoms with E-state index in [-0.39, 0.29) is 11.2 Å². The first-order chi connectivity index (χ1) is 12.1. The number of halogens is 1. The summed E-state index contributed by atoms with van der Waals surface area (Å²) >= 11 is 0. The SMILES string of the molecule is CN=C(NCC1(c2ccc(F)cc2)CCCC1)N(C)Cc1ccon1. The molecule has 3 rings (SSSR count). The van der Waals surface area contributed by atoms with Crippen LogP contribution in [0.4, 0.5) is 4.39 Å². The smallest absolute Gasteiger partial charge is 0.193 e. The monoisotopic (exact) mass is 344 g/mol. The largest absolute Gasteiger partial charge is 0.364 e. The lowest BCUT2D eigenvalue weighted by atomic mass is 9.79. The molecule has 6 heteroatoms. The highest BCUT2D eigenvalue weighted by Crippen LogP contribution is 2.40. The third-order valence-electron chi connectivity index (χ3n) is 5.07. The van der Waals surface area contributed by atoms with Crippen molar-refractivity contribution in [2.45, 2.75) is 37.6 Å². The summed E-state index contributed by atoms with van der Waals surface area (Å²) in [6, 6.07) is 8.80. The van der Waals surface area contributed by atoms with E-state index in [2.05, 4.69) is 15.5 Å². The average Bonchev–Trinajstić information content (AvgIpc) is 3.28. The van der Waals surface area contributed by atoms with Gasteiger partial charge < -0.3 is 14.7 Å². The molecule has 0 aliphatic heterocycles. The zero-order valence-corrected chi connectivity index (χ0v) is 14.8. The van der Waals surface area contributed by atoms with Crippen LogP contribution in [0.15, 0.2) is 46.1 Å². The molecule has 1 N–H and O–H groups in total. The quantitative estimate of drug-likeness (QED) is 0.668. The fourth-order valence-corrected chi connectivity index (χ4v) is 3.69. The van der Waals surface area contributed by atoms with Crippen LogP contribution in [-0.2, 0) is 12.0 Å². The van der Waals surface area contributed by atoms with Crippen LogP contribution in [0.5, 0.6) is 0 Å². The highest BCUT2D eigenvalue weighted by molar-refractivity contribution is 5.79. The summed E-state index contributed by atoms with van der Waals surface area (Å²) in [5.74, 6) is 0.629. The van der Waals surface area contributed by atoms with Crippen molar-refractivity contribution < 1.29 is 8.91 Å². The summed E-state index contributed by atoms with van der Waals surface area (Å²) in [6.45, 7) is 1.41. The average molecular weight is 344 g/mol. The van der Waals surface area contributed by atoms with Crippen molar-refractivity contribution >= 4 is 5.96 Å². The van der Waals surface area contributed by atoms with Gasteiger partial charge in [-0.1, -0.05) is 30.1 Å². The number of hydrogen-bond donors (Lipinski definition) is 1. The minimum absolute atomic E-state index is 0.0400. The molecule has 0 spiro atoms. The molecule has 0 atom stereocenters. The first kappa shape index (κ1) is 17.5. The Morgan fingerprint density at radius 2 is 2.00 bits per heavy atom. The van der Waals surface area contributed by atoms with Gasteiger partial charge >= 0.3 is 0 Å². The second kappa shape index (κ2) is 7.68. The van der Waals surface area contributed by atoms with E-state index in [0.717, 1.165) is 31.0 Å². The van der Waals surface area contributed by atoms with E-state index in [1.807, 2.05) is 30.1 Å². The molecule has 0 radical (unpaired) electrons. The van der Waals surface area contributed by atoms with Gasteiger partial charge in [0.1, 0.15) is 17.8 Å². The Bertz CT molecular complexity index is 691. The molecule has 0 bridgehead atoms. The Kier molecular flexibility index (Phi) is 5.36. The van der Waals surface area contributed by atoms with Gasteiger partial charge in [0.15, 0.2) is 5.96 Å². The lowest BCUT2D eigenvalue weighted by Gasteiger charge is -2.32. The number of benzene rings is 1. The molecule has 1 heterocycles.